The molecule has 1 atom stereocenters. The SMILES string of the molecule is [N-]=[N+]=NCc1ccc2c(c1)ncn2[C@H]1CCCCO1. The zero-order valence-corrected chi connectivity index (χ0v) is 10.6. The van der Waals surface area contributed by atoms with Gasteiger partial charge in [0.2, 0.25) is 0 Å². The number of aromatic nitrogens is 2. The van der Waals surface area contributed by atoms with E-state index < -0.39 is 0 Å². The minimum Gasteiger partial charge on any atom is -0.358 e. The normalized spacial score (nSPS) is 19.3. The van der Waals surface area contributed by atoms with Gasteiger partial charge in [-0.25, -0.2) is 4.98 Å². The average Bonchev–Trinajstić information content (AvgIpc) is 2.89. The Labute approximate surface area is 110 Å². The van der Waals surface area contributed by atoms with Crippen molar-refractivity contribution >= 4 is 11.0 Å². The summed E-state index contributed by atoms with van der Waals surface area (Å²) in [4.78, 5) is 7.18. The smallest absolute Gasteiger partial charge is 0.135 e. The van der Waals surface area contributed by atoms with Crippen molar-refractivity contribution < 1.29 is 4.74 Å². The summed E-state index contributed by atoms with van der Waals surface area (Å²) in [6.07, 6.45) is 5.30. The number of hydrogen-bond acceptors (Lipinski definition) is 3. The van der Waals surface area contributed by atoms with Crippen molar-refractivity contribution in [2.75, 3.05) is 6.61 Å². The first-order chi connectivity index (χ1) is 9.38. The largest absolute Gasteiger partial charge is 0.358 e. The second kappa shape index (κ2) is 5.30. The van der Waals surface area contributed by atoms with Gasteiger partial charge in [0.1, 0.15) is 6.23 Å². The van der Waals surface area contributed by atoms with Crippen LogP contribution in [0.1, 0.15) is 31.1 Å². The Morgan fingerprint density at radius 3 is 3.21 bits per heavy atom. The van der Waals surface area contributed by atoms with Crippen LogP contribution in [0.25, 0.3) is 21.5 Å². The Kier molecular flexibility index (Phi) is 3.35. The van der Waals surface area contributed by atoms with E-state index in [0.717, 1.165) is 36.0 Å². The van der Waals surface area contributed by atoms with Crippen molar-refractivity contribution in [3.8, 4) is 0 Å². The fraction of sp³-hybridized carbons (Fsp3) is 0.462. The molecule has 0 unspecified atom stereocenters. The van der Waals surface area contributed by atoms with Crippen molar-refractivity contribution in [2.45, 2.75) is 32.0 Å². The summed E-state index contributed by atoms with van der Waals surface area (Å²) in [5.74, 6) is 0. The maximum atomic E-state index is 8.34. The molecule has 0 N–H and O–H groups in total. The third kappa shape index (κ3) is 2.41. The Morgan fingerprint density at radius 1 is 1.47 bits per heavy atom. The van der Waals surface area contributed by atoms with E-state index in [1.807, 2.05) is 24.5 Å². The minimum absolute atomic E-state index is 0.0988. The Morgan fingerprint density at radius 2 is 2.42 bits per heavy atom. The zero-order valence-electron chi connectivity index (χ0n) is 10.6. The van der Waals surface area contributed by atoms with Crippen LogP contribution in [0.15, 0.2) is 29.6 Å². The molecule has 0 aliphatic carbocycles. The van der Waals surface area contributed by atoms with E-state index >= 15 is 0 Å². The number of hydrogen-bond donors (Lipinski definition) is 0. The van der Waals surface area contributed by atoms with Crippen LogP contribution in [0.3, 0.4) is 0 Å². The molecule has 1 aliphatic rings. The molecule has 0 saturated carbocycles. The molecular formula is C13H15N5O. The van der Waals surface area contributed by atoms with Crippen molar-refractivity contribution in [3.05, 3.63) is 40.5 Å². The molecule has 0 radical (unpaired) electrons. The van der Waals surface area contributed by atoms with E-state index in [4.69, 9.17) is 10.3 Å². The van der Waals surface area contributed by atoms with E-state index in [1.165, 1.54) is 6.42 Å². The van der Waals surface area contributed by atoms with E-state index in [1.54, 1.807) is 0 Å². The highest BCUT2D eigenvalue weighted by atomic mass is 16.5. The first-order valence-electron chi connectivity index (χ1n) is 6.46. The summed E-state index contributed by atoms with van der Waals surface area (Å²) < 4.78 is 7.87. The lowest BCUT2D eigenvalue weighted by Crippen LogP contribution is -2.17. The van der Waals surface area contributed by atoms with Crippen molar-refractivity contribution in [2.24, 2.45) is 5.11 Å². The van der Waals surface area contributed by atoms with Gasteiger partial charge < -0.3 is 9.30 Å². The molecule has 98 valence electrons. The standard InChI is InChI=1S/C13H15N5O/c14-17-16-8-10-4-5-12-11(7-10)15-9-18(12)13-3-1-2-6-19-13/h4-5,7,9,13H,1-3,6,8H2/t13-/m1/s1. The lowest BCUT2D eigenvalue weighted by atomic mass is 10.1. The number of fused-ring (bicyclic) bond motifs is 1. The summed E-state index contributed by atoms with van der Waals surface area (Å²) in [6.45, 7) is 1.18. The fourth-order valence-electron chi connectivity index (χ4n) is 2.46. The average molecular weight is 257 g/mol. The summed E-state index contributed by atoms with van der Waals surface area (Å²) in [5.41, 5.74) is 11.3. The zero-order chi connectivity index (χ0) is 13.1. The molecule has 1 fully saturated rings. The third-order valence-corrected chi connectivity index (χ3v) is 3.42. The van der Waals surface area contributed by atoms with Crippen molar-refractivity contribution in [3.63, 3.8) is 0 Å². The van der Waals surface area contributed by atoms with Crippen LogP contribution in [0.2, 0.25) is 0 Å². The van der Waals surface area contributed by atoms with E-state index in [-0.39, 0.29) is 6.23 Å². The van der Waals surface area contributed by atoms with Crippen LogP contribution >= 0.6 is 0 Å². The number of ether oxygens (including phenoxy) is 1. The maximum Gasteiger partial charge on any atom is 0.135 e. The Balaban J connectivity index is 1.92. The van der Waals surface area contributed by atoms with Crippen LogP contribution < -0.4 is 0 Å². The van der Waals surface area contributed by atoms with Gasteiger partial charge in [-0.1, -0.05) is 11.2 Å². The molecule has 6 heteroatoms. The molecule has 1 aromatic heterocycles. The lowest BCUT2D eigenvalue weighted by Gasteiger charge is -2.24. The molecule has 0 bridgehead atoms. The molecule has 2 aromatic rings. The van der Waals surface area contributed by atoms with E-state index in [9.17, 15) is 0 Å². The van der Waals surface area contributed by atoms with Gasteiger partial charge in [-0.15, -0.1) is 0 Å². The van der Waals surface area contributed by atoms with Crippen LogP contribution in [0, 0.1) is 0 Å². The number of nitrogens with zero attached hydrogens (tertiary/aromatic N) is 5. The van der Waals surface area contributed by atoms with Gasteiger partial charge in [0.25, 0.3) is 0 Å². The van der Waals surface area contributed by atoms with E-state index in [2.05, 4.69) is 19.6 Å². The number of rotatable bonds is 3. The number of benzene rings is 1. The quantitative estimate of drug-likeness (QED) is 0.479. The first-order valence-corrected chi connectivity index (χ1v) is 6.46. The van der Waals surface area contributed by atoms with Gasteiger partial charge in [0, 0.05) is 11.5 Å². The van der Waals surface area contributed by atoms with Gasteiger partial charge in [0.15, 0.2) is 0 Å². The molecule has 0 amide bonds. The summed E-state index contributed by atoms with van der Waals surface area (Å²) >= 11 is 0. The highest BCUT2D eigenvalue weighted by Crippen LogP contribution is 2.26. The fourth-order valence-corrected chi connectivity index (χ4v) is 2.46. The maximum absolute atomic E-state index is 8.34. The molecular weight excluding hydrogens is 242 g/mol. The van der Waals surface area contributed by atoms with Crippen LogP contribution in [-0.2, 0) is 11.3 Å². The van der Waals surface area contributed by atoms with E-state index in [0.29, 0.717) is 6.54 Å². The Bertz CT molecular complexity index is 623. The monoisotopic (exact) mass is 257 g/mol. The van der Waals surface area contributed by atoms with Crippen LogP contribution in [0.4, 0.5) is 0 Å². The van der Waals surface area contributed by atoms with Gasteiger partial charge in [-0.3, -0.25) is 0 Å². The highest BCUT2D eigenvalue weighted by molar-refractivity contribution is 5.76. The summed E-state index contributed by atoms with van der Waals surface area (Å²) in [7, 11) is 0. The molecule has 6 nitrogen and oxygen atoms in total. The van der Waals surface area contributed by atoms with Crippen LogP contribution in [-0.4, -0.2) is 16.2 Å². The van der Waals surface area contributed by atoms with Crippen molar-refractivity contribution in [1.29, 1.82) is 0 Å². The van der Waals surface area contributed by atoms with Gasteiger partial charge in [-0.2, -0.15) is 0 Å². The Hall–Kier alpha value is -2.04. The lowest BCUT2D eigenvalue weighted by molar-refractivity contribution is -0.0295. The highest BCUT2D eigenvalue weighted by Gasteiger charge is 2.17. The second-order valence-corrected chi connectivity index (χ2v) is 4.69. The molecule has 1 saturated heterocycles. The second-order valence-electron chi connectivity index (χ2n) is 4.69. The first kappa shape index (κ1) is 12.0. The summed E-state index contributed by atoms with van der Waals surface area (Å²) in [6, 6.07) is 5.95. The predicted octanol–water partition coefficient (Wildman–Crippen LogP) is 3.55. The van der Waals surface area contributed by atoms with Crippen molar-refractivity contribution in [1.82, 2.24) is 9.55 Å². The predicted molar refractivity (Wildman–Crippen MR) is 71.4 cm³/mol. The third-order valence-electron chi connectivity index (χ3n) is 3.42. The topological polar surface area (TPSA) is 75.8 Å². The number of azide groups is 1. The van der Waals surface area contributed by atoms with Gasteiger partial charge in [0.05, 0.1) is 23.9 Å². The van der Waals surface area contributed by atoms with Crippen LogP contribution in [0.5, 0.6) is 0 Å². The number of imidazole rings is 1. The molecule has 1 aliphatic heterocycles. The molecule has 0 spiro atoms. The van der Waals surface area contributed by atoms with Gasteiger partial charge in [-0.05, 0) is 42.5 Å². The van der Waals surface area contributed by atoms with Gasteiger partial charge >= 0.3 is 0 Å². The minimum atomic E-state index is 0.0988. The molecule has 19 heavy (non-hydrogen) atoms. The summed E-state index contributed by atoms with van der Waals surface area (Å²) in [5, 5.41) is 3.57. The molecule has 2 heterocycles. The molecule has 1 aromatic carbocycles. The molecule has 3 rings (SSSR count).